The largest absolute Gasteiger partial charge is 0.381 e. The Balaban J connectivity index is 1.98. The normalized spacial score (nSPS) is 10.3. The van der Waals surface area contributed by atoms with Gasteiger partial charge in [-0.1, -0.05) is 18.2 Å². The molecule has 0 atom stereocenters. The van der Waals surface area contributed by atoms with Crippen LogP contribution in [0.15, 0.2) is 36.5 Å². The van der Waals surface area contributed by atoms with Crippen molar-refractivity contribution in [3.8, 4) is 0 Å². The molecule has 6 heteroatoms. The Morgan fingerprint density at radius 2 is 2.11 bits per heavy atom. The van der Waals surface area contributed by atoms with Gasteiger partial charge in [0.25, 0.3) is 0 Å². The summed E-state index contributed by atoms with van der Waals surface area (Å²) in [6.07, 6.45) is 1.29. The molecule has 1 N–H and O–H groups in total. The Kier molecular flexibility index (Phi) is 3.57. The van der Waals surface area contributed by atoms with Gasteiger partial charge in [0.1, 0.15) is 12.7 Å². The van der Waals surface area contributed by atoms with Gasteiger partial charge in [0.05, 0.1) is 6.54 Å². The van der Waals surface area contributed by atoms with Crippen molar-refractivity contribution >= 4 is 11.5 Å². The number of rotatable bonds is 5. The molecule has 0 saturated heterocycles. The minimum atomic E-state index is -0.414. The van der Waals surface area contributed by atoms with Gasteiger partial charge < -0.3 is 15.4 Å². The van der Waals surface area contributed by atoms with Crippen LogP contribution in [0.25, 0.3) is 0 Å². The zero-order valence-corrected chi connectivity index (χ0v) is 10.0. The lowest BCUT2D eigenvalue weighted by atomic mass is 10.3. The quantitative estimate of drug-likeness (QED) is 0.648. The zero-order chi connectivity index (χ0) is 13.0. The number of benzene rings is 1. The molecule has 0 radical (unpaired) electrons. The molecule has 0 spiro atoms. The number of para-hydroxylation sites is 1. The van der Waals surface area contributed by atoms with Crippen LogP contribution in [-0.2, 0) is 6.54 Å². The number of aryl methyl sites for hydroxylation is 1. The van der Waals surface area contributed by atoms with Crippen LogP contribution in [0, 0.1) is 17.0 Å². The van der Waals surface area contributed by atoms with E-state index < -0.39 is 4.92 Å². The Bertz CT molecular complexity index is 536. The molecule has 0 bridgehead atoms. The highest BCUT2D eigenvalue weighted by Crippen LogP contribution is 2.13. The first-order valence-corrected chi connectivity index (χ1v) is 5.64. The first kappa shape index (κ1) is 12.1. The number of aromatic nitrogens is 2. The van der Waals surface area contributed by atoms with Crippen LogP contribution in [0.4, 0.5) is 11.5 Å². The van der Waals surface area contributed by atoms with Crippen LogP contribution in [0.3, 0.4) is 0 Å². The second kappa shape index (κ2) is 5.31. The van der Waals surface area contributed by atoms with E-state index in [1.54, 1.807) is 11.5 Å². The van der Waals surface area contributed by atoms with Gasteiger partial charge in [0, 0.05) is 12.6 Å². The Morgan fingerprint density at radius 3 is 2.78 bits per heavy atom. The van der Waals surface area contributed by atoms with Crippen molar-refractivity contribution in [2.75, 3.05) is 11.9 Å². The number of hydrogen-bond donors (Lipinski definition) is 1. The second-order valence-corrected chi connectivity index (χ2v) is 3.87. The third-order valence-corrected chi connectivity index (χ3v) is 2.66. The maximum absolute atomic E-state index is 10.8. The maximum Gasteiger partial charge on any atom is 0.342 e. The summed E-state index contributed by atoms with van der Waals surface area (Å²) in [5, 5.41) is 14.0. The molecule has 6 nitrogen and oxygen atoms in total. The summed E-state index contributed by atoms with van der Waals surface area (Å²) in [7, 11) is 0. The molecule has 94 valence electrons. The molecule has 0 amide bonds. The fraction of sp³-hybridized carbons (Fsp3) is 0.250. The molecule has 0 aliphatic heterocycles. The van der Waals surface area contributed by atoms with Crippen LogP contribution in [0.2, 0.25) is 0 Å². The van der Waals surface area contributed by atoms with Gasteiger partial charge in [0.15, 0.2) is 5.82 Å². The summed E-state index contributed by atoms with van der Waals surface area (Å²) in [6, 6.07) is 9.72. The molecule has 0 saturated carbocycles. The number of nitro groups is 1. The molecule has 1 aromatic carbocycles. The lowest BCUT2D eigenvalue weighted by Crippen LogP contribution is -2.13. The molecule has 2 aromatic rings. The number of nitrogens with one attached hydrogen (secondary N) is 1. The summed E-state index contributed by atoms with van der Waals surface area (Å²) in [5.74, 6) is 0.680. The van der Waals surface area contributed by atoms with Crippen molar-refractivity contribution in [1.29, 1.82) is 0 Å². The monoisotopic (exact) mass is 246 g/mol. The van der Waals surface area contributed by atoms with Crippen LogP contribution >= 0.6 is 0 Å². The molecular formula is C12H14N4O2. The van der Waals surface area contributed by atoms with Crippen molar-refractivity contribution in [2.24, 2.45) is 0 Å². The summed E-state index contributed by atoms with van der Waals surface area (Å²) < 4.78 is 1.59. The summed E-state index contributed by atoms with van der Waals surface area (Å²) >= 11 is 0. The number of imidazole rings is 1. The van der Waals surface area contributed by atoms with Crippen molar-refractivity contribution in [3.05, 3.63) is 52.5 Å². The van der Waals surface area contributed by atoms with Gasteiger partial charge in [-0.2, -0.15) is 0 Å². The standard InChI is InChI=1S/C12H14N4O2/c1-10-14-9-12(16(17)18)15(10)8-7-13-11-5-3-2-4-6-11/h2-6,9,13H,7-8H2,1H3. The Morgan fingerprint density at radius 1 is 1.39 bits per heavy atom. The van der Waals surface area contributed by atoms with E-state index >= 15 is 0 Å². The lowest BCUT2D eigenvalue weighted by molar-refractivity contribution is -0.392. The summed E-state index contributed by atoms with van der Waals surface area (Å²) in [4.78, 5) is 14.3. The highest BCUT2D eigenvalue weighted by molar-refractivity contribution is 5.42. The van der Waals surface area contributed by atoms with Crippen LogP contribution in [0.5, 0.6) is 0 Å². The third kappa shape index (κ3) is 2.65. The maximum atomic E-state index is 10.8. The number of anilines is 1. The molecule has 0 fully saturated rings. The van der Waals surface area contributed by atoms with E-state index in [-0.39, 0.29) is 5.82 Å². The molecule has 18 heavy (non-hydrogen) atoms. The second-order valence-electron chi connectivity index (χ2n) is 3.87. The average molecular weight is 246 g/mol. The third-order valence-electron chi connectivity index (χ3n) is 2.66. The number of hydrogen-bond acceptors (Lipinski definition) is 4. The predicted octanol–water partition coefficient (Wildman–Crippen LogP) is 2.21. The summed E-state index contributed by atoms with van der Waals surface area (Å²) in [5.41, 5.74) is 0.998. The SMILES string of the molecule is Cc1ncc([N+](=O)[O-])n1CCNc1ccccc1. The van der Waals surface area contributed by atoms with Gasteiger partial charge >= 0.3 is 5.82 Å². The molecule has 0 aliphatic rings. The van der Waals surface area contributed by atoms with E-state index in [4.69, 9.17) is 0 Å². The van der Waals surface area contributed by atoms with Gasteiger partial charge in [0.2, 0.25) is 0 Å². The smallest absolute Gasteiger partial charge is 0.342 e. The minimum absolute atomic E-state index is 0.0300. The molecule has 1 heterocycles. The van der Waals surface area contributed by atoms with Crippen molar-refractivity contribution in [3.63, 3.8) is 0 Å². The van der Waals surface area contributed by atoms with E-state index in [1.807, 2.05) is 30.3 Å². The van der Waals surface area contributed by atoms with Crippen molar-refractivity contribution in [2.45, 2.75) is 13.5 Å². The van der Waals surface area contributed by atoms with Crippen molar-refractivity contribution < 1.29 is 4.92 Å². The first-order valence-electron chi connectivity index (χ1n) is 5.64. The van der Waals surface area contributed by atoms with Crippen molar-refractivity contribution in [1.82, 2.24) is 9.55 Å². The van der Waals surface area contributed by atoms with Crippen LogP contribution in [-0.4, -0.2) is 21.0 Å². The topological polar surface area (TPSA) is 73.0 Å². The first-order chi connectivity index (χ1) is 8.68. The zero-order valence-electron chi connectivity index (χ0n) is 10.0. The van der Waals surface area contributed by atoms with Gasteiger partial charge in [-0.15, -0.1) is 0 Å². The Hall–Kier alpha value is -2.37. The van der Waals surface area contributed by atoms with Crippen LogP contribution < -0.4 is 5.32 Å². The van der Waals surface area contributed by atoms with Gasteiger partial charge in [-0.05, 0) is 17.1 Å². The molecule has 1 aromatic heterocycles. The van der Waals surface area contributed by atoms with E-state index in [2.05, 4.69) is 10.3 Å². The molecule has 0 aliphatic carbocycles. The molecule has 0 unspecified atom stereocenters. The van der Waals surface area contributed by atoms with Gasteiger partial charge in [-0.3, -0.25) is 0 Å². The highest BCUT2D eigenvalue weighted by atomic mass is 16.6. The summed E-state index contributed by atoms with van der Waals surface area (Å²) in [6.45, 7) is 2.88. The van der Waals surface area contributed by atoms with Crippen LogP contribution in [0.1, 0.15) is 5.82 Å². The van der Waals surface area contributed by atoms with Gasteiger partial charge in [-0.25, -0.2) is 9.55 Å². The molecule has 2 rings (SSSR count). The molecular weight excluding hydrogens is 232 g/mol. The lowest BCUT2D eigenvalue weighted by Gasteiger charge is -2.06. The Labute approximate surface area is 104 Å². The highest BCUT2D eigenvalue weighted by Gasteiger charge is 2.16. The fourth-order valence-corrected chi connectivity index (χ4v) is 1.75. The average Bonchev–Trinajstić information content (AvgIpc) is 2.73. The van der Waals surface area contributed by atoms with E-state index in [0.717, 1.165) is 5.69 Å². The fourth-order valence-electron chi connectivity index (χ4n) is 1.75. The number of nitrogens with zero attached hydrogens (tertiary/aromatic N) is 3. The van der Waals surface area contributed by atoms with E-state index in [9.17, 15) is 10.1 Å². The van der Waals surface area contributed by atoms with E-state index in [1.165, 1.54) is 6.20 Å². The minimum Gasteiger partial charge on any atom is -0.381 e. The predicted molar refractivity (Wildman–Crippen MR) is 68.6 cm³/mol. The van der Waals surface area contributed by atoms with E-state index in [0.29, 0.717) is 18.9 Å².